The fraction of sp³-hybridized carbons (Fsp3) is 0.188. The van der Waals surface area contributed by atoms with Crippen LogP contribution in [0, 0.1) is 0 Å². The molecule has 0 aliphatic heterocycles. The van der Waals surface area contributed by atoms with Crippen molar-refractivity contribution < 1.29 is 13.2 Å². The molecule has 2 aromatic rings. The molecule has 6 heteroatoms. The lowest BCUT2D eigenvalue weighted by molar-refractivity contribution is 0.102. The number of rotatable bonds is 4. The maximum absolute atomic E-state index is 12.2. The molecule has 0 saturated heterocycles. The average molecular weight is 382 g/mol. The van der Waals surface area contributed by atoms with Gasteiger partial charge in [-0.25, -0.2) is 8.42 Å². The Morgan fingerprint density at radius 2 is 1.73 bits per heavy atom. The van der Waals surface area contributed by atoms with Crippen LogP contribution in [-0.2, 0) is 9.84 Å². The van der Waals surface area contributed by atoms with Gasteiger partial charge in [0.15, 0.2) is 9.84 Å². The molecule has 0 bridgehead atoms. The minimum absolute atomic E-state index is 0.158. The highest BCUT2D eigenvalue weighted by atomic mass is 79.9. The predicted octanol–water partition coefficient (Wildman–Crippen LogP) is 3.88. The van der Waals surface area contributed by atoms with Gasteiger partial charge in [0.25, 0.3) is 5.91 Å². The number of hydrogen-bond acceptors (Lipinski definition) is 3. The minimum atomic E-state index is -3.40. The predicted molar refractivity (Wildman–Crippen MR) is 90.9 cm³/mol. The standard InChI is InChI=1S/C16H16BrNO3S/c1-11(2)22(20,21)15-5-3-4-12(10-15)16(19)18-14-8-6-13(17)7-9-14/h3-11H,1-2H3,(H,18,19). The van der Waals surface area contributed by atoms with E-state index in [1.54, 1.807) is 38.1 Å². The number of benzene rings is 2. The number of carbonyl (C=O) groups is 1. The van der Waals surface area contributed by atoms with Gasteiger partial charge in [-0.2, -0.15) is 0 Å². The van der Waals surface area contributed by atoms with Gasteiger partial charge < -0.3 is 5.32 Å². The Kier molecular flexibility index (Phi) is 5.03. The van der Waals surface area contributed by atoms with Gasteiger partial charge in [-0.15, -0.1) is 0 Å². The van der Waals surface area contributed by atoms with Crippen molar-refractivity contribution in [3.8, 4) is 0 Å². The van der Waals surface area contributed by atoms with Crippen LogP contribution in [0.5, 0.6) is 0 Å². The first-order valence-electron chi connectivity index (χ1n) is 6.71. The molecule has 2 rings (SSSR count). The van der Waals surface area contributed by atoms with Gasteiger partial charge in [-0.1, -0.05) is 22.0 Å². The summed E-state index contributed by atoms with van der Waals surface area (Å²) in [7, 11) is -3.40. The highest BCUT2D eigenvalue weighted by Crippen LogP contribution is 2.19. The van der Waals surface area contributed by atoms with Crippen molar-refractivity contribution in [1.82, 2.24) is 0 Å². The van der Waals surface area contributed by atoms with Crippen LogP contribution in [-0.4, -0.2) is 19.6 Å². The molecule has 0 aliphatic carbocycles. The normalized spacial score (nSPS) is 11.5. The molecular weight excluding hydrogens is 366 g/mol. The lowest BCUT2D eigenvalue weighted by Gasteiger charge is -2.10. The van der Waals surface area contributed by atoms with E-state index in [0.717, 1.165) is 4.47 Å². The molecule has 1 amide bonds. The Morgan fingerprint density at radius 1 is 1.09 bits per heavy atom. The van der Waals surface area contributed by atoms with Gasteiger partial charge in [0, 0.05) is 15.7 Å². The van der Waals surface area contributed by atoms with Gasteiger partial charge in [0.2, 0.25) is 0 Å². The first-order valence-corrected chi connectivity index (χ1v) is 9.05. The van der Waals surface area contributed by atoms with E-state index in [2.05, 4.69) is 21.2 Å². The summed E-state index contributed by atoms with van der Waals surface area (Å²) >= 11 is 3.32. The van der Waals surface area contributed by atoms with E-state index in [-0.39, 0.29) is 10.8 Å². The second-order valence-corrected chi connectivity index (χ2v) is 8.50. The van der Waals surface area contributed by atoms with Crippen LogP contribution in [0.4, 0.5) is 5.69 Å². The summed E-state index contributed by atoms with van der Waals surface area (Å²) in [5.74, 6) is -0.344. The molecular formula is C16H16BrNO3S. The summed E-state index contributed by atoms with van der Waals surface area (Å²) in [6.07, 6.45) is 0. The third-order valence-corrected chi connectivity index (χ3v) is 5.83. The molecule has 0 radical (unpaired) electrons. The largest absolute Gasteiger partial charge is 0.322 e. The summed E-state index contributed by atoms with van der Waals surface area (Å²) in [5, 5.41) is 2.21. The van der Waals surface area contributed by atoms with Gasteiger partial charge in [-0.05, 0) is 56.3 Å². The Balaban J connectivity index is 2.26. The van der Waals surface area contributed by atoms with E-state index in [9.17, 15) is 13.2 Å². The number of sulfone groups is 1. The van der Waals surface area contributed by atoms with Crippen LogP contribution in [0.15, 0.2) is 57.9 Å². The van der Waals surface area contributed by atoms with Crippen molar-refractivity contribution in [1.29, 1.82) is 0 Å². The number of halogens is 1. The van der Waals surface area contributed by atoms with Crippen LogP contribution in [0.2, 0.25) is 0 Å². The van der Waals surface area contributed by atoms with E-state index in [0.29, 0.717) is 11.3 Å². The first-order chi connectivity index (χ1) is 10.3. The summed E-state index contributed by atoms with van der Waals surface area (Å²) in [5.41, 5.74) is 0.954. The van der Waals surface area contributed by atoms with E-state index >= 15 is 0 Å². The summed E-state index contributed by atoms with van der Waals surface area (Å²) in [6.45, 7) is 3.23. The smallest absolute Gasteiger partial charge is 0.255 e. The summed E-state index contributed by atoms with van der Waals surface area (Å²) < 4.78 is 25.2. The number of hydrogen-bond donors (Lipinski definition) is 1. The Bertz CT molecular complexity index is 783. The minimum Gasteiger partial charge on any atom is -0.322 e. The average Bonchev–Trinajstić information content (AvgIpc) is 2.49. The van der Waals surface area contributed by atoms with Crippen molar-refractivity contribution >= 4 is 37.4 Å². The molecule has 1 N–H and O–H groups in total. The Hall–Kier alpha value is -1.66. The zero-order valence-electron chi connectivity index (χ0n) is 12.2. The first kappa shape index (κ1) is 16.7. The van der Waals surface area contributed by atoms with Crippen molar-refractivity contribution in [3.05, 3.63) is 58.6 Å². The molecule has 0 aliphatic rings. The van der Waals surface area contributed by atoms with Crippen molar-refractivity contribution in [2.75, 3.05) is 5.32 Å². The highest BCUT2D eigenvalue weighted by Gasteiger charge is 2.20. The monoisotopic (exact) mass is 381 g/mol. The van der Waals surface area contributed by atoms with Gasteiger partial charge in [0.1, 0.15) is 0 Å². The lowest BCUT2D eigenvalue weighted by Crippen LogP contribution is -2.16. The molecule has 0 heterocycles. The van der Waals surface area contributed by atoms with Crippen LogP contribution in [0.3, 0.4) is 0 Å². The fourth-order valence-corrected chi connectivity index (χ4v) is 3.19. The van der Waals surface area contributed by atoms with Crippen molar-refractivity contribution in [3.63, 3.8) is 0 Å². The Labute approximate surface area is 138 Å². The summed E-state index contributed by atoms with van der Waals surface area (Å²) in [6, 6.07) is 13.2. The SMILES string of the molecule is CC(C)S(=O)(=O)c1cccc(C(=O)Nc2ccc(Br)cc2)c1. The molecule has 0 saturated carbocycles. The van der Waals surface area contributed by atoms with Crippen molar-refractivity contribution in [2.45, 2.75) is 24.0 Å². The Morgan fingerprint density at radius 3 is 2.32 bits per heavy atom. The maximum atomic E-state index is 12.2. The third kappa shape index (κ3) is 3.75. The number of anilines is 1. The number of amides is 1. The van der Waals surface area contributed by atoms with Gasteiger partial charge in [-0.3, -0.25) is 4.79 Å². The molecule has 0 fully saturated rings. The molecule has 0 aromatic heterocycles. The summed E-state index contributed by atoms with van der Waals surface area (Å²) in [4.78, 5) is 12.4. The van der Waals surface area contributed by atoms with Crippen LogP contribution < -0.4 is 5.32 Å². The third-order valence-electron chi connectivity index (χ3n) is 3.15. The zero-order chi connectivity index (χ0) is 16.3. The van der Waals surface area contributed by atoms with Gasteiger partial charge >= 0.3 is 0 Å². The quantitative estimate of drug-likeness (QED) is 0.873. The lowest BCUT2D eigenvalue weighted by atomic mass is 10.2. The van der Waals surface area contributed by atoms with E-state index in [1.165, 1.54) is 12.1 Å². The maximum Gasteiger partial charge on any atom is 0.255 e. The van der Waals surface area contributed by atoms with Crippen molar-refractivity contribution in [2.24, 2.45) is 0 Å². The highest BCUT2D eigenvalue weighted by molar-refractivity contribution is 9.10. The molecule has 0 unspecified atom stereocenters. The molecule has 0 spiro atoms. The van der Waals surface area contributed by atoms with Crippen LogP contribution in [0.1, 0.15) is 24.2 Å². The fourth-order valence-electron chi connectivity index (χ4n) is 1.82. The van der Waals surface area contributed by atoms with E-state index < -0.39 is 15.1 Å². The van der Waals surface area contributed by atoms with E-state index in [4.69, 9.17) is 0 Å². The number of carbonyl (C=O) groups excluding carboxylic acids is 1. The van der Waals surface area contributed by atoms with Gasteiger partial charge in [0.05, 0.1) is 10.1 Å². The second kappa shape index (κ2) is 6.62. The van der Waals surface area contributed by atoms with E-state index in [1.807, 2.05) is 12.1 Å². The molecule has 0 atom stereocenters. The number of nitrogens with one attached hydrogen (secondary N) is 1. The van der Waals surface area contributed by atoms with Crippen LogP contribution in [0.25, 0.3) is 0 Å². The molecule has 2 aromatic carbocycles. The molecule has 22 heavy (non-hydrogen) atoms. The zero-order valence-corrected chi connectivity index (χ0v) is 14.6. The second-order valence-electron chi connectivity index (χ2n) is 5.08. The molecule has 116 valence electrons. The topological polar surface area (TPSA) is 63.2 Å². The molecule has 4 nitrogen and oxygen atoms in total. The van der Waals surface area contributed by atoms with Crippen LogP contribution >= 0.6 is 15.9 Å².